The summed E-state index contributed by atoms with van der Waals surface area (Å²) in [6.07, 6.45) is -0.917. The van der Waals surface area contributed by atoms with Crippen LogP contribution in [-0.4, -0.2) is 38.5 Å². The number of rotatable bonds is 2. The van der Waals surface area contributed by atoms with Gasteiger partial charge in [0, 0.05) is 6.54 Å². The van der Waals surface area contributed by atoms with Crippen molar-refractivity contribution in [1.82, 2.24) is 4.31 Å². The van der Waals surface area contributed by atoms with Crippen molar-refractivity contribution in [2.24, 2.45) is 0 Å². The van der Waals surface area contributed by atoms with Gasteiger partial charge in [0.05, 0.1) is 19.2 Å². The van der Waals surface area contributed by atoms with E-state index < -0.39 is 38.3 Å². The molecule has 0 radical (unpaired) electrons. The lowest BCUT2D eigenvalue weighted by Gasteiger charge is -2.29. The van der Waals surface area contributed by atoms with Crippen LogP contribution in [-0.2, 0) is 14.8 Å². The van der Waals surface area contributed by atoms with E-state index in [1.54, 1.807) is 6.07 Å². The summed E-state index contributed by atoms with van der Waals surface area (Å²) < 4.78 is 57.4. The Morgan fingerprint density at radius 3 is 2.80 bits per heavy atom. The van der Waals surface area contributed by atoms with Crippen molar-refractivity contribution in [3.05, 3.63) is 23.8 Å². The van der Waals surface area contributed by atoms with Crippen LogP contribution in [0.1, 0.15) is 0 Å². The van der Waals surface area contributed by atoms with E-state index in [9.17, 15) is 17.2 Å². The molecule has 1 aliphatic heterocycles. The number of benzene rings is 1. The Morgan fingerprint density at radius 1 is 1.45 bits per heavy atom. The van der Waals surface area contributed by atoms with Gasteiger partial charge in [0.2, 0.25) is 10.0 Å². The zero-order valence-corrected chi connectivity index (χ0v) is 11.0. The molecule has 1 fully saturated rings. The van der Waals surface area contributed by atoms with E-state index in [-0.39, 0.29) is 19.7 Å². The number of halogens is 2. The number of ether oxygens (including phenoxy) is 1. The van der Waals surface area contributed by atoms with Crippen molar-refractivity contribution >= 4 is 15.7 Å². The molecule has 1 unspecified atom stereocenters. The summed E-state index contributed by atoms with van der Waals surface area (Å²) in [6.45, 7) is -0.206. The quantitative estimate of drug-likeness (QED) is 0.801. The third-order valence-corrected chi connectivity index (χ3v) is 4.76. The molecule has 0 bridgehead atoms. The zero-order valence-electron chi connectivity index (χ0n) is 10.2. The second-order valence-corrected chi connectivity index (χ2v) is 6.03. The zero-order chi connectivity index (χ0) is 14.9. The number of nitriles is 1. The van der Waals surface area contributed by atoms with Crippen molar-refractivity contribution in [3.8, 4) is 6.07 Å². The summed E-state index contributed by atoms with van der Waals surface area (Å²) in [5.74, 6) is -2.36. The highest BCUT2D eigenvalue weighted by Crippen LogP contribution is 2.26. The Kier molecular flexibility index (Phi) is 3.89. The first-order valence-electron chi connectivity index (χ1n) is 5.62. The van der Waals surface area contributed by atoms with Crippen LogP contribution in [0.3, 0.4) is 0 Å². The Bertz CT molecular complexity index is 672. The molecular formula is C11H11F2N3O3S. The predicted molar refractivity (Wildman–Crippen MR) is 64.9 cm³/mol. The molecule has 1 heterocycles. The summed E-state index contributed by atoms with van der Waals surface area (Å²) >= 11 is 0. The average molecular weight is 303 g/mol. The number of hydrogen-bond donors (Lipinski definition) is 1. The molecule has 0 amide bonds. The monoisotopic (exact) mass is 303 g/mol. The minimum atomic E-state index is -4.19. The first-order chi connectivity index (χ1) is 9.37. The summed E-state index contributed by atoms with van der Waals surface area (Å²) in [4.78, 5) is -0.713. The lowest BCUT2D eigenvalue weighted by atomic mass is 10.3. The molecule has 0 aliphatic carbocycles. The summed E-state index contributed by atoms with van der Waals surface area (Å²) in [5, 5.41) is 8.74. The third kappa shape index (κ3) is 2.45. The molecule has 1 aromatic carbocycles. The maximum Gasteiger partial charge on any atom is 0.246 e. The number of nitrogens with two attached hydrogens (primary N) is 1. The fourth-order valence-corrected chi connectivity index (χ4v) is 3.31. The Hall–Kier alpha value is -1.76. The first-order valence-corrected chi connectivity index (χ1v) is 7.06. The molecule has 20 heavy (non-hydrogen) atoms. The van der Waals surface area contributed by atoms with Crippen molar-refractivity contribution in [3.63, 3.8) is 0 Å². The normalized spacial score (nSPS) is 20.6. The van der Waals surface area contributed by atoms with E-state index >= 15 is 0 Å². The number of anilines is 1. The second-order valence-electron chi connectivity index (χ2n) is 4.12. The van der Waals surface area contributed by atoms with Crippen LogP contribution in [0.5, 0.6) is 0 Å². The molecule has 1 saturated heterocycles. The largest absolute Gasteiger partial charge is 0.394 e. The van der Waals surface area contributed by atoms with E-state index in [0.29, 0.717) is 0 Å². The van der Waals surface area contributed by atoms with Gasteiger partial charge < -0.3 is 10.5 Å². The lowest BCUT2D eigenvalue weighted by molar-refractivity contribution is 0.0311. The molecule has 1 aliphatic rings. The van der Waals surface area contributed by atoms with Gasteiger partial charge in [0.25, 0.3) is 0 Å². The standard InChI is InChI=1S/C11H11F2N3O3S/c12-8-1-2-9(10(13)11(8)15)20(17,18)16-3-4-19-7(5-14)6-16/h1-2,7H,3-4,6,15H2. The summed E-state index contributed by atoms with van der Waals surface area (Å²) in [5.41, 5.74) is 4.30. The second kappa shape index (κ2) is 5.32. The van der Waals surface area contributed by atoms with Crippen LogP contribution < -0.4 is 5.73 Å². The number of nitrogens with zero attached hydrogens (tertiary/aromatic N) is 2. The van der Waals surface area contributed by atoms with E-state index in [1.807, 2.05) is 0 Å². The maximum atomic E-state index is 13.8. The van der Waals surface area contributed by atoms with Gasteiger partial charge in [0.15, 0.2) is 11.9 Å². The first kappa shape index (κ1) is 14.6. The fraction of sp³-hybridized carbons (Fsp3) is 0.364. The summed E-state index contributed by atoms with van der Waals surface area (Å²) in [7, 11) is -4.19. The molecule has 1 aromatic rings. The highest BCUT2D eigenvalue weighted by Gasteiger charge is 2.33. The van der Waals surface area contributed by atoms with Gasteiger partial charge in [-0.15, -0.1) is 0 Å². The molecule has 2 rings (SSSR count). The van der Waals surface area contributed by atoms with E-state index in [0.717, 1.165) is 16.4 Å². The molecule has 0 spiro atoms. The van der Waals surface area contributed by atoms with Gasteiger partial charge in [-0.25, -0.2) is 17.2 Å². The number of nitrogen functional groups attached to an aromatic ring is 1. The van der Waals surface area contributed by atoms with Gasteiger partial charge in [-0.2, -0.15) is 9.57 Å². The van der Waals surface area contributed by atoms with E-state index in [4.69, 9.17) is 15.7 Å². The third-order valence-electron chi connectivity index (χ3n) is 2.88. The molecule has 0 aromatic heterocycles. The van der Waals surface area contributed by atoms with Crippen LogP contribution in [0.4, 0.5) is 14.5 Å². The number of hydrogen-bond acceptors (Lipinski definition) is 5. The van der Waals surface area contributed by atoms with Crippen LogP contribution in [0.25, 0.3) is 0 Å². The molecule has 9 heteroatoms. The van der Waals surface area contributed by atoms with E-state index in [1.165, 1.54) is 0 Å². The minimum Gasteiger partial charge on any atom is -0.394 e. The number of sulfonamides is 1. The lowest BCUT2D eigenvalue weighted by Crippen LogP contribution is -2.45. The van der Waals surface area contributed by atoms with Crippen LogP contribution in [0, 0.1) is 23.0 Å². The number of morpholine rings is 1. The Balaban J connectivity index is 2.41. The average Bonchev–Trinajstić information content (AvgIpc) is 2.44. The van der Waals surface area contributed by atoms with E-state index in [2.05, 4.69) is 0 Å². The highest BCUT2D eigenvalue weighted by molar-refractivity contribution is 7.89. The highest BCUT2D eigenvalue weighted by atomic mass is 32.2. The van der Waals surface area contributed by atoms with Gasteiger partial charge in [-0.05, 0) is 12.1 Å². The van der Waals surface area contributed by atoms with Gasteiger partial charge >= 0.3 is 0 Å². The Morgan fingerprint density at radius 2 is 2.15 bits per heavy atom. The maximum absolute atomic E-state index is 13.8. The van der Waals surface area contributed by atoms with Gasteiger partial charge in [-0.3, -0.25) is 0 Å². The molecule has 0 saturated carbocycles. The molecule has 6 nitrogen and oxygen atoms in total. The predicted octanol–water partition coefficient (Wildman–Crippen LogP) is 0.460. The van der Waals surface area contributed by atoms with Crippen molar-refractivity contribution < 1.29 is 21.9 Å². The SMILES string of the molecule is N#CC1CN(S(=O)(=O)c2ccc(F)c(N)c2F)CCO1. The van der Waals surface area contributed by atoms with Crippen LogP contribution in [0.15, 0.2) is 17.0 Å². The molecule has 1 atom stereocenters. The smallest absolute Gasteiger partial charge is 0.246 e. The van der Waals surface area contributed by atoms with Crippen molar-refractivity contribution in [2.45, 2.75) is 11.0 Å². The molecule has 2 N–H and O–H groups in total. The van der Waals surface area contributed by atoms with Crippen molar-refractivity contribution in [1.29, 1.82) is 5.26 Å². The topological polar surface area (TPSA) is 96.4 Å². The van der Waals surface area contributed by atoms with Crippen LogP contribution in [0.2, 0.25) is 0 Å². The fourth-order valence-electron chi connectivity index (χ4n) is 1.81. The minimum absolute atomic E-state index is 0.0166. The van der Waals surface area contributed by atoms with Gasteiger partial charge in [0.1, 0.15) is 16.4 Å². The van der Waals surface area contributed by atoms with Crippen LogP contribution >= 0.6 is 0 Å². The van der Waals surface area contributed by atoms with Crippen molar-refractivity contribution in [2.75, 3.05) is 25.4 Å². The molecular weight excluding hydrogens is 292 g/mol. The Labute approximate surface area is 114 Å². The van der Waals surface area contributed by atoms with Gasteiger partial charge in [-0.1, -0.05) is 0 Å². The molecule has 108 valence electrons. The summed E-state index contributed by atoms with van der Waals surface area (Å²) in [6, 6.07) is 3.38.